The number of hydrogen-bond donors (Lipinski definition) is 0. The number of nitro benzene ring substituents is 1. The molecule has 0 radical (unpaired) electrons. The molecule has 9 nitrogen and oxygen atoms in total. The number of amides is 1. The minimum absolute atomic E-state index is 0.0382. The lowest BCUT2D eigenvalue weighted by molar-refractivity contribution is -0.384. The van der Waals surface area contributed by atoms with Crippen molar-refractivity contribution in [2.75, 3.05) is 13.1 Å². The van der Waals surface area contributed by atoms with Gasteiger partial charge in [-0.25, -0.2) is 8.42 Å². The summed E-state index contributed by atoms with van der Waals surface area (Å²) in [6, 6.07) is 10.3. The monoisotopic (exact) mass is 474 g/mol. The van der Waals surface area contributed by atoms with Crippen LogP contribution < -0.4 is 4.80 Å². The van der Waals surface area contributed by atoms with Crippen LogP contribution >= 0.6 is 11.3 Å². The smallest absolute Gasteiger partial charge is 0.279 e. The van der Waals surface area contributed by atoms with Gasteiger partial charge >= 0.3 is 0 Å². The quantitative estimate of drug-likeness (QED) is 0.425. The third-order valence-corrected chi connectivity index (χ3v) is 8.71. The van der Waals surface area contributed by atoms with E-state index in [-0.39, 0.29) is 16.1 Å². The van der Waals surface area contributed by atoms with Gasteiger partial charge in [-0.3, -0.25) is 14.9 Å². The molecule has 1 aliphatic rings. The number of sulfonamides is 1. The molecular formula is C21H22N4O5S2. The van der Waals surface area contributed by atoms with Crippen molar-refractivity contribution in [3.05, 3.63) is 62.9 Å². The van der Waals surface area contributed by atoms with Crippen LogP contribution in [-0.4, -0.2) is 41.2 Å². The number of carbonyl (C=O) groups is 1. The van der Waals surface area contributed by atoms with Gasteiger partial charge in [-0.2, -0.15) is 9.30 Å². The molecule has 3 aromatic rings. The topological polar surface area (TPSA) is 115 Å². The Labute approximate surface area is 188 Å². The summed E-state index contributed by atoms with van der Waals surface area (Å²) < 4.78 is 29.6. The second-order valence-electron chi connectivity index (χ2n) is 7.88. The molecule has 2 heterocycles. The van der Waals surface area contributed by atoms with E-state index in [1.54, 1.807) is 17.7 Å². The first-order valence-electron chi connectivity index (χ1n) is 10.1. The van der Waals surface area contributed by atoms with Crippen molar-refractivity contribution in [3.8, 4) is 0 Å². The molecule has 0 unspecified atom stereocenters. The van der Waals surface area contributed by atoms with Crippen molar-refractivity contribution >= 4 is 43.2 Å². The second kappa shape index (κ2) is 8.57. The van der Waals surface area contributed by atoms with Crippen LogP contribution in [0.3, 0.4) is 0 Å². The Morgan fingerprint density at radius 1 is 1.16 bits per heavy atom. The molecular weight excluding hydrogens is 452 g/mol. The minimum atomic E-state index is -3.59. The summed E-state index contributed by atoms with van der Waals surface area (Å²) in [5.74, 6) is 0.00169. The summed E-state index contributed by atoms with van der Waals surface area (Å²) in [6.07, 6.45) is 1.67. The van der Waals surface area contributed by atoms with E-state index in [4.69, 9.17) is 0 Å². The maximum atomic E-state index is 12.9. The minimum Gasteiger partial charge on any atom is -0.319 e. The number of nitro groups is 1. The first-order valence-corrected chi connectivity index (χ1v) is 12.4. The van der Waals surface area contributed by atoms with Gasteiger partial charge in [-0.15, -0.1) is 0 Å². The zero-order valence-corrected chi connectivity index (χ0v) is 19.2. The Morgan fingerprint density at radius 2 is 1.81 bits per heavy atom. The first-order chi connectivity index (χ1) is 15.2. The molecule has 2 aromatic carbocycles. The summed E-state index contributed by atoms with van der Waals surface area (Å²) in [7, 11) is -1.90. The zero-order valence-electron chi connectivity index (χ0n) is 17.6. The Hall–Kier alpha value is -2.89. The molecule has 168 valence electrons. The van der Waals surface area contributed by atoms with Gasteiger partial charge in [0, 0.05) is 37.8 Å². The molecule has 4 rings (SSSR count). The number of non-ortho nitro benzene ring substituents is 1. The van der Waals surface area contributed by atoms with Crippen molar-refractivity contribution < 1.29 is 18.1 Å². The van der Waals surface area contributed by atoms with Gasteiger partial charge < -0.3 is 4.57 Å². The third-order valence-electron chi connectivity index (χ3n) is 5.68. The molecule has 1 aromatic heterocycles. The molecule has 0 atom stereocenters. The molecule has 32 heavy (non-hydrogen) atoms. The number of piperidine rings is 1. The van der Waals surface area contributed by atoms with Gasteiger partial charge in [-0.05, 0) is 49.1 Å². The molecule has 1 aliphatic heterocycles. The molecule has 0 spiro atoms. The fraction of sp³-hybridized carbons (Fsp3) is 0.333. The number of hydrogen-bond acceptors (Lipinski definition) is 6. The van der Waals surface area contributed by atoms with Crippen molar-refractivity contribution in [3.63, 3.8) is 0 Å². The van der Waals surface area contributed by atoms with Crippen LogP contribution in [-0.2, 0) is 17.1 Å². The summed E-state index contributed by atoms with van der Waals surface area (Å²) in [4.78, 5) is 27.9. The lowest BCUT2D eigenvalue weighted by atomic mass is 10.0. The van der Waals surface area contributed by atoms with Crippen LogP contribution in [0.25, 0.3) is 10.2 Å². The Morgan fingerprint density at radius 3 is 2.44 bits per heavy atom. The highest BCUT2D eigenvalue weighted by Crippen LogP contribution is 2.24. The molecule has 0 saturated carbocycles. The van der Waals surface area contributed by atoms with Crippen molar-refractivity contribution in [2.24, 2.45) is 18.0 Å². The number of benzene rings is 2. The molecule has 1 amide bonds. The van der Waals surface area contributed by atoms with Gasteiger partial charge in [-0.1, -0.05) is 18.3 Å². The number of rotatable bonds is 4. The van der Waals surface area contributed by atoms with Crippen molar-refractivity contribution in [1.82, 2.24) is 8.87 Å². The van der Waals surface area contributed by atoms with Crippen LogP contribution in [0.1, 0.15) is 30.1 Å². The Balaban J connectivity index is 1.60. The van der Waals surface area contributed by atoms with E-state index in [1.165, 1.54) is 52.0 Å². The van der Waals surface area contributed by atoms with Crippen LogP contribution in [0, 0.1) is 16.0 Å². The largest absolute Gasteiger partial charge is 0.319 e. The second-order valence-corrected chi connectivity index (χ2v) is 10.8. The maximum absolute atomic E-state index is 12.9. The lowest BCUT2D eigenvalue weighted by Crippen LogP contribution is -2.37. The highest BCUT2D eigenvalue weighted by molar-refractivity contribution is 7.89. The first kappa shape index (κ1) is 22.3. The highest BCUT2D eigenvalue weighted by Gasteiger charge is 2.28. The number of carbonyl (C=O) groups excluding carboxylic acids is 1. The summed E-state index contributed by atoms with van der Waals surface area (Å²) in [5.41, 5.74) is 0.830. The molecule has 1 fully saturated rings. The van der Waals surface area contributed by atoms with Gasteiger partial charge in [0.1, 0.15) is 0 Å². The third kappa shape index (κ3) is 4.23. The fourth-order valence-corrected chi connectivity index (χ4v) is 6.10. The maximum Gasteiger partial charge on any atom is 0.279 e. The van der Waals surface area contributed by atoms with Gasteiger partial charge in [0.05, 0.1) is 20.0 Å². The van der Waals surface area contributed by atoms with Crippen LogP contribution in [0.15, 0.2) is 52.4 Å². The molecule has 11 heteroatoms. The fourth-order valence-electron chi connectivity index (χ4n) is 3.63. The number of nitrogens with zero attached hydrogens (tertiary/aromatic N) is 4. The van der Waals surface area contributed by atoms with Gasteiger partial charge in [0.2, 0.25) is 10.0 Å². The Bertz CT molecular complexity index is 1370. The summed E-state index contributed by atoms with van der Waals surface area (Å²) >= 11 is 1.24. The van der Waals surface area contributed by atoms with Crippen LogP contribution in [0.5, 0.6) is 0 Å². The predicted octanol–water partition coefficient (Wildman–Crippen LogP) is 3.31. The molecule has 0 N–H and O–H groups in total. The zero-order chi connectivity index (χ0) is 23.0. The van der Waals surface area contributed by atoms with Crippen molar-refractivity contribution in [2.45, 2.75) is 24.7 Å². The average Bonchev–Trinajstić information content (AvgIpc) is 3.08. The van der Waals surface area contributed by atoms with E-state index in [2.05, 4.69) is 11.9 Å². The Kier molecular flexibility index (Phi) is 5.97. The number of aryl methyl sites for hydroxylation is 1. The van der Waals surface area contributed by atoms with E-state index < -0.39 is 20.9 Å². The van der Waals surface area contributed by atoms with Gasteiger partial charge in [0.25, 0.3) is 11.6 Å². The van der Waals surface area contributed by atoms with Crippen LogP contribution in [0.2, 0.25) is 0 Å². The number of fused-ring (bicyclic) bond motifs is 1. The SMILES string of the molecule is CC1CCN(S(=O)(=O)c2ccc(C(=O)N=c3sc4ccc([N+](=O)[O-])cc4n3C)cc2)CC1. The predicted molar refractivity (Wildman–Crippen MR) is 121 cm³/mol. The summed E-state index contributed by atoms with van der Waals surface area (Å²) in [6.45, 7) is 3.12. The van der Waals surface area contributed by atoms with E-state index in [9.17, 15) is 23.3 Å². The van der Waals surface area contributed by atoms with Crippen LogP contribution in [0.4, 0.5) is 5.69 Å². The van der Waals surface area contributed by atoms with E-state index in [0.717, 1.165) is 17.5 Å². The van der Waals surface area contributed by atoms with E-state index in [0.29, 0.717) is 29.3 Å². The lowest BCUT2D eigenvalue weighted by Gasteiger charge is -2.29. The van der Waals surface area contributed by atoms with E-state index in [1.807, 2.05) is 0 Å². The molecule has 0 bridgehead atoms. The highest BCUT2D eigenvalue weighted by atomic mass is 32.2. The standard InChI is InChI=1S/C21H22N4O5S2/c1-14-9-11-24(12-10-14)32(29,30)17-6-3-15(4-7-17)20(26)22-21-23(2)18-13-16(25(27)28)5-8-19(18)31-21/h3-8,13-14H,9-12H2,1-2H3. The normalized spacial score (nSPS) is 16.5. The van der Waals surface area contributed by atoms with Crippen molar-refractivity contribution in [1.29, 1.82) is 0 Å². The number of aromatic nitrogens is 1. The summed E-state index contributed by atoms with van der Waals surface area (Å²) in [5, 5.41) is 11.0. The average molecular weight is 475 g/mol. The molecule has 0 aliphatic carbocycles. The number of thiazole rings is 1. The van der Waals surface area contributed by atoms with Gasteiger partial charge in [0.15, 0.2) is 4.80 Å². The molecule has 1 saturated heterocycles. The van der Waals surface area contributed by atoms with E-state index >= 15 is 0 Å².